The van der Waals surface area contributed by atoms with Gasteiger partial charge in [-0.05, 0) is 46.7 Å². The Morgan fingerprint density at radius 1 is 1.52 bits per heavy atom. The van der Waals surface area contributed by atoms with E-state index >= 15 is 0 Å². The minimum atomic E-state index is -0.236. The molecule has 2 rings (SSSR count). The molecule has 1 heterocycles. The minimum Gasteiger partial charge on any atom is -0.353 e. The first-order valence-electron chi connectivity index (χ1n) is 7.04. The number of nitrogens with one attached hydrogen (secondary N) is 2. The third kappa shape index (κ3) is 4.41. The zero-order chi connectivity index (χ0) is 15.4. The molecule has 1 aliphatic rings. The van der Waals surface area contributed by atoms with E-state index < -0.39 is 0 Å². The summed E-state index contributed by atoms with van der Waals surface area (Å²) in [5.41, 5.74) is 0.787. The van der Waals surface area contributed by atoms with Crippen LogP contribution in [0.1, 0.15) is 13.8 Å². The van der Waals surface area contributed by atoms with Crippen molar-refractivity contribution in [2.45, 2.75) is 19.9 Å². The molecule has 0 aliphatic carbocycles. The molecule has 0 radical (unpaired) electrons. The van der Waals surface area contributed by atoms with Crippen molar-refractivity contribution in [1.29, 1.82) is 0 Å². The summed E-state index contributed by atoms with van der Waals surface area (Å²) in [5, 5.41) is 5.75. The van der Waals surface area contributed by atoms with Crippen LogP contribution in [0.3, 0.4) is 0 Å². The first-order chi connectivity index (χ1) is 9.97. The van der Waals surface area contributed by atoms with Crippen molar-refractivity contribution in [3.8, 4) is 0 Å². The number of piperazine rings is 1. The molecule has 0 saturated carbocycles. The molecule has 1 aromatic carbocycles. The second kappa shape index (κ2) is 7.22. The highest BCUT2D eigenvalue weighted by molar-refractivity contribution is 14.1. The van der Waals surface area contributed by atoms with E-state index in [0.29, 0.717) is 13.1 Å². The monoisotopic (exact) mass is 401 g/mol. The Balaban J connectivity index is 1.99. The summed E-state index contributed by atoms with van der Waals surface area (Å²) in [7, 11) is 0. The molecule has 1 saturated heterocycles. The fraction of sp³-hybridized carbons (Fsp3) is 0.467. The molecule has 114 valence electrons. The van der Waals surface area contributed by atoms with Crippen LogP contribution in [0, 0.1) is 9.49 Å². The van der Waals surface area contributed by atoms with E-state index in [9.17, 15) is 9.59 Å². The van der Waals surface area contributed by atoms with Gasteiger partial charge in [-0.1, -0.05) is 19.9 Å². The summed E-state index contributed by atoms with van der Waals surface area (Å²) in [5.74, 6) is 0.103. The Morgan fingerprint density at radius 2 is 2.29 bits per heavy atom. The zero-order valence-electron chi connectivity index (χ0n) is 12.2. The molecule has 5 nitrogen and oxygen atoms in total. The standard InChI is InChI=1S/C15H20IN3O2/c1-10(2)14-15(21)17-6-7-19(14)9-13(20)18-12-5-3-4-11(16)8-12/h3-5,8,10,14H,6-7,9H2,1-2H3,(H,17,21)(H,18,20). The van der Waals surface area contributed by atoms with Crippen LogP contribution in [0.4, 0.5) is 5.69 Å². The Hall–Kier alpha value is -1.15. The van der Waals surface area contributed by atoms with Crippen LogP contribution in [-0.2, 0) is 9.59 Å². The maximum absolute atomic E-state index is 12.2. The zero-order valence-corrected chi connectivity index (χ0v) is 14.4. The molecule has 0 bridgehead atoms. The SMILES string of the molecule is CC(C)C1C(=O)NCCN1CC(=O)Nc1cccc(I)c1. The average Bonchev–Trinajstić information content (AvgIpc) is 2.37. The van der Waals surface area contributed by atoms with Gasteiger partial charge in [0.25, 0.3) is 0 Å². The van der Waals surface area contributed by atoms with Crippen LogP contribution in [0.2, 0.25) is 0 Å². The molecule has 0 aromatic heterocycles. The fourth-order valence-corrected chi connectivity index (χ4v) is 3.13. The largest absolute Gasteiger partial charge is 0.353 e. The average molecular weight is 401 g/mol. The molecule has 0 spiro atoms. The van der Waals surface area contributed by atoms with E-state index in [1.165, 1.54) is 0 Å². The number of carbonyl (C=O) groups excluding carboxylic acids is 2. The molecule has 2 N–H and O–H groups in total. The van der Waals surface area contributed by atoms with Gasteiger partial charge in [0.05, 0.1) is 12.6 Å². The van der Waals surface area contributed by atoms with Gasteiger partial charge < -0.3 is 10.6 Å². The van der Waals surface area contributed by atoms with Crippen LogP contribution in [0.15, 0.2) is 24.3 Å². The maximum atomic E-state index is 12.2. The van der Waals surface area contributed by atoms with E-state index in [2.05, 4.69) is 33.2 Å². The lowest BCUT2D eigenvalue weighted by molar-refractivity contribution is -0.132. The smallest absolute Gasteiger partial charge is 0.238 e. The summed E-state index contributed by atoms with van der Waals surface area (Å²) in [6, 6.07) is 7.42. The van der Waals surface area contributed by atoms with Crippen molar-refractivity contribution in [2.24, 2.45) is 5.92 Å². The van der Waals surface area contributed by atoms with Crippen molar-refractivity contribution in [3.63, 3.8) is 0 Å². The molecule has 1 fully saturated rings. The minimum absolute atomic E-state index is 0.0123. The van der Waals surface area contributed by atoms with Crippen LogP contribution in [0.25, 0.3) is 0 Å². The molecule has 6 heteroatoms. The fourth-order valence-electron chi connectivity index (χ4n) is 2.59. The number of anilines is 1. The quantitative estimate of drug-likeness (QED) is 0.755. The number of carbonyl (C=O) groups is 2. The summed E-state index contributed by atoms with van der Waals surface area (Å²) in [6.45, 7) is 5.54. The highest BCUT2D eigenvalue weighted by Crippen LogP contribution is 2.15. The van der Waals surface area contributed by atoms with Crippen molar-refractivity contribution in [3.05, 3.63) is 27.8 Å². The summed E-state index contributed by atoms with van der Waals surface area (Å²) >= 11 is 2.21. The van der Waals surface area contributed by atoms with E-state index in [1.54, 1.807) is 0 Å². The topological polar surface area (TPSA) is 61.4 Å². The van der Waals surface area contributed by atoms with Gasteiger partial charge in [0.1, 0.15) is 0 Å². The Kier molecular flexibility index (Phi) is 5.58. The van der Waals surface area contributed by atoms with Crippen molar-refractivity contribution >= 4 is 40.1 Å². The second-order valence-corrected chi connectivity index (χ2v) is 6.75. The van der Waals surface area contributed by atoms with Crippen LogP contribution in [-0.4, -0.2) is 42.4 Å². The van der Waals surface area contributed by atoms with Gasteiger partial charge in [-0.25, -0.2) is 0 Å². The third-order valence-electron chi connectivity index (χ3n) is 3.45. The Labute approximate surface area is 138 Å². The van der Waals surface area contributed by atoms with Crippen molar-refractivity contribution in [2.75, 3.05) is 25.0 Å². The first-order valence-corrected chi connectivity index (χ1v) is 8.12. The van der Waals surface area contributed by atoms with Crippen molar-refractivity contribution < 1.29 is 9.59 Å². The van der Waals surface area contributed by atoms with E-state index in [0.717, 1.165) is 9.26 Å². The van der Waals surface area contributed by atoms with Crippen LogP contribution < -0.4 is 10.6 Å². The summed E-state index contributed by atoms with van der Waals surface area (Å²) in [4.78, 5) is 26.1. The summed E-state index contributed by atoms with van der Waals surface area (Å²) < 4.78 is 1.07. The molecule has 1 aliphatic heterocycles. The van der Waals surface area contributed by atoms with Gasteiger partial charge in [0.2, 0.25) is 11.8 Å². The number of amides is 2. The number of rotatable bonds is 4. The number of hydrogen-bond acceptors (Lipinski definition) is 3. The molecule has 1 aromatic rings. The molecule has 1 unspecified atom stereocenters. The number of nitrogens with zero attached hydrogens (tertiary/aromatic N) is 1. The van der Waals surface area contributed by atoms with E-state index in [4.69, 9.17) is 0 Å². The van der Waals surface area contributed by atoms with Crippen LogP contribution in [0.5, 0.6) is 0 Å². The highest BCUT2D eigenvalue weighted by atomic mass is 127. The predicted molar refractivity (Wildman–Crippen MR) is 91.0 cm³/mol. The van der Waals surface area contributed by atoms with Crippen LogP contribution >= 0.6 is 22.6 Å². The second-order valence-electron chi connectivity index (χ2n) is 5.51. The predicted octanol–water partition coefficient (Wildman–Crippen LogP) is 1.69. The molecule has 21 heavy (non-hydrogen) atoms. The van der Waals surface area contributed by atoms with Crippen molar-refractivity contribution in [1.82, 2.24) is 10.2 Å². The first kappa shape index (κ1) is 16.2. The van der Waals surface area contributed by atoms with Gasteiger partial charge in [0.15, 0.2) is 0 Å². The number of halogens is 1. The van der Waals surface area contributed by atoms with Gasteiger partial charge in [-0.2, -0.15) is 0 Å². The molecular weight excluding hydrogens is 381 g/mol. The number of benzene rings is 1. The number of hydrogen-bond donors (Lipinski definition) is 2. The molecular formula is C15H20IN3O2. The highest BCUT2D eigenvalue weighted by Gasteiger charge is 2.32. The van der Waals surface area contributed by atoms with E-state index in [1.807, 2.05) is 43.0 Å². The molecule has 2 amide bonds. The van der Waals surface area contributed by atoms with Gasteiger partial charge in [-0.3, -0.25) is 14.5 Å². The third-order valence-corrected chi connectivity index (χ3v) is 4.12. The van der Waals surface area contributed by atoms with E-state index in [-0.39, 0.29) is 30.3 Å². The lowest BCUT2D eigenvalue weighted by Gasteiger charge is -2.36. The lowest BCUT2D eigenvalue weighted by atomic mass is 10.00. The Morgan fingerprint density at radius 3 is 2.95 bits per heavy atom. The lowest BCUT2D eigenvalue weighted by Crippen LogP contribution is -2.58. The summed E-state index contributed by atoms with van der Waals surface area (Å²) in [6.07, 6.45) is 0. The molecule has 1 atom stereocenters. The maximum Gasteiger partial charge on any atom is 0.238 e. The normalized spacial score (nSPS) is 19.4. The Bertz CT molecular complexity index is 533. The van der Waals surface area contributed by atoms with Gasteiger partial charge >= 0.3 is 0 Å². The van der Waals surface area contributed by atoms with Gasteiger partial charge in [0, 0.05) is 22.3 Å². The van der Waals surface area contributed by atoms with Gasteiger partial charge in [-0.15, -0.1) is 0 Å².